The second-order valence-corrected chi connectivity index (χ2v) is 6.41. The lowest BCUT2D eigenvalue weighted by atomic mass is 10.2. The highest BCUT2D eigenvalue weighted by molar-refractivity contribution is 7.90. The molecule has 4 nitrogen and oxygen atoms in total. The zero-order valence-corrected chi connectivity index (χ0v) is 11.6. The first kappa shape index (κ1) is 15.2. The van der Waals surface area contributed by atoms with Gasteiger partial charge in [-0.2, -0.15) is 0 Å². The van der Waals surface area contributed by atoms with Crippen LogP contribution in [0.15, 0.2) is 35.2 Å². The molecule has 0 bridgehead atoms. The van der Waals surface area contributed by atoms with Gasteiger partial charge in [-0.25, -0.2) is 21.6 Å². The van der Waals surface area contributed by atoms with E-state index >= 15 is 0 Å². The molecule has 0 radical (unpaired) electrons. The summed E-state index contributed by atoms with van der Waals surface area (Å²) in [6.07, 6.45) is 1.01. The minimum atomic E-state index is -3.44. The molecule has 21 heavy (non-hydrogen) atoms. The summed E-state index contributed by atoms with van der Waals surface area (Å²) >= 11 is 0. The van der Waals surface area contributed by atoms with Gasteiger partial charge in [0.25, 0.3) is 0 Å². The predicted octanol–water partition coefficient (Wildman–Crippen LogP) is 2.83. The number of benzene rings is 2. The van der Waals surface area contributed by atoms with Crippen LogP contribution in [0.5, 0.6) is 0 Å². The van der Waals surface area contributed by atoms with E-state index in [4.69, 9.17) is 5.73 Å². The summed E-state index contributed by atoms with van der Waals surface area (Å²) in [5.74, 6) is -3.30. The Morgan fingerprint density at radius 2 is 1.62 bits per heavy atom. The Morgan fingerprint density at radius 1 is 1.05 bits per heavy atom. The molecule has 112 valence electrons. The van der Waals surface area contributed by atoms with Crippen molar-refractivity contribution >= 4 is 26.9 Å². The topological polar surface area (TPSA) is 72.2 Å². The highest BCUT2D eigenvalue weighted by Crippen LogP contribution is 2.29. The van der Waals surface area contributed by atoms with Gasteiger partial charge in [-0.05, 0) is 18.2 Å². The number of nitrogens with one attached hydrogen (secondary N) is 1. The average molecular weight is 316 g/mol. The third kappa shape index (κ3) is 3.27. The van der Waals surface area contributed by atoms with Crippen molar-refractivity contribution in [3.05, 3.63) is 47.8 Å². The van der Waals surface area contributed by atoms with Crippen LogP contribution in [-0.4, -0.2) is 14.7 Å². The molecule has 0 aliphatic carbocycles. The summed E-state index contributed by atoms with van der Waals surface area (Å²) < 4.78 is 62.6. The van der Waals surface area contributed by atoms with Crippen molar-refractivity contribution < 1.29 is 21.6 Å². The van der Waals surface area contributed by atoms with Crippen molar-refractivity contribution in [1.82, 2.24) is 0 Å². The van der Waals surface area contributed by atoms with Crippen LogP contribution in [0.2, 0.25) is 0 Å². The second kappa shape index (κ2) is 5.28. The number of rotatable bonds is 3. The molecule has 0 saturated carbocycles. The standard InChI is InChI=1S/C13H11F3N2O2S/c1-21(19,20)8-2-3-12(11(17)6-8)18-13-9(15)4-7(14)5-10(13)16/h2-6,18H,17H2,1H3. The summed E-state index contributed by atoms with van der Waals surface area (Å²) in [7, 11) is -3.44. The molecule has 3 N–H and O–H groups in total. The van der Waals surface area contributed by atoms with Gasteiger partial charge in [-0.1, -0.05) is 0 Å². The van der Waals surface area contributed by atoms with Crippen molar-refractivity contribution in [2.75, 3.05) is 17.3 Å². The van der Waals surface area contributed by atoms with Crippen molar-refractivity contribution in [1.29, 1.82) is 0 Å². The molecule has 0 fully saturated rings. The monoisotopic (exact) mass is 316 g/mol. The summed E-state index contributed by atoms with van der Waals surface area (Å²) in [6.45, 7) is 0. The summed E-state index contributed by atoms with van der Waals surface area (Å²) in [4.78, 5) is -0.0226. The number of sulfone groups is 1. The SMILES string of the molecule is CS(=O)(=O)c1ccc(Nc2c(F)cc(F)cc2F)c(N)c1. The van der Waals surface area contributed by atoms with Crippen LogP contribution in [0.1, 0.15) is 0 Å². The molecule has 0 heterocycles. The van der Waals surface area contributed by atoms with Crippen LogP contribution < -0.4 is 11.1 Å². The van der Waals surface area contributed by atoms with Crippen LogP contribution in [0.3, 0.4) is 0 Å². The molecule has 2 aromatic rings. The molecule has 0 aromatic heterocycles. The Kier molecular flexibility index (Phi) is 3.82. The fraction of sp³-hybridized carbons (Fsp3) is 0.0769. The Hall–Kier alpha value is -2.22. The Labute approximate surface area is 119 Å². The molecule has 0 saturated heterocycles. The van der Waals surface area contributed by atoms with Gasteiger partial charge in [0.15, 0.2) is 21.5 Å². The molecular formula is C13H11F3N2O2S. The van der Waals surface area contributed by atoms with E-state index in [1.165, 1.54) is 12.1 Å². The number of anilines is 3. The van der Waals surface area contributed by atoms with Crippen molar-refractivity contribution in [2.24, 2.45) is 0 Å². The number of hydrogen-bond acceptors (Lipinski definition) is 4. The van der Waals surface area contributed by atoms with Gasteiger partial charge < -0.3 is 11.1 Å². The minimum absolute atomic E-state index is 0.0129. The van der Waals surface area contributed by atoms with E-state index in [1.807, 2.05) is 0 Å². The van der Waals surface area contributed by atoms with E-state index in [1.54, 1.807) is 0 Å². The fourth-order valence-electron chi connectivity index (χ4n) is 1.68. The van der Waals surface area contributed by atoms with Crippen LogP contribution in [0.4, 0.5) is 30.2 Å². The van der Waals surface area contributed by atoms with Gasteiger partial charge >= 0.3 is 0 Å². The Balaban J connectivity index is 2.42. The van der Waals surface area contributed by atoms with Crippen molar-refractivity contribution in [2.45, 2.75) is 4.90 Å². The maximum Gasteiger partial charge on any atom is 0.175 e. The summed E-state index contributed by atoms with van der Waals surface area (Å²) in [6, 6.07) is 4.72. The summed E-state index contributed by atoms with van der Waals surface area (Å²) in [5, 5.41) is 2.38. The van der Waals surface area contributed by atoms with Crippen LogP contribution in [-0.2, 0) is 9.84 Å². The molecule has 0 aliphatic rings. The maximum atomic E-state index is 13.5. The van der Waals surface area contributed by atoms with Crippen molar-refractivity contribution in [3.8, 4) is 0 Å². The van der Waals surface area contributed by atoms with Gasteiger partial charge in [0.2, 0.25) is 0 Å². The zero-order valence-electron chi connectivity index (χ0n) is 10.8. The van der Waals surface area contributed by atoms with Gasteiger partial charge in [0.1, 0.15) is 11.5 Å². The number of nitrogens with two attached hydrogens (primary N) is 1. The molecule has 2 aromatic carbocycles. The first-order valence-electron chi connectivity index (χ1n) is 5.69. The molecule has 0 aliphatic heterocycles. The first-order valence-corrected chi connectivity index (χ1v) is 7.59. The van der Waals surface area contributed by atoms with Crippen LogP contribution in [0.25, 0.3) is 0 Å². The summed E-state index contributed by atoms with van der Waals surface area (Å²) in [5.41, 5.74) is 5.17. The molecule has 0 unspecified atom stereocenters. The highest BCUT2D eigenvalue weighted by Gasteiger charge is 2.14. The van der Waals surface area contributed by atoms with E-state index in [9.17, 15) is 21.6 Å². The van der Waals surface area contributed by atoms with E-state index in [0.29, 0.717) is 12.1 Å². The molecule has 0 atom stereocenters. The van der Waals surface area contributed by atoms with E-state index < -0.39 is 33.0 Å². The minimum Gasteiger partial charge on any atom is -0.397 e. The largest absolute Gasteiger partial charge is 0.397 e. The Bertz CT molecular complexity index is 784. The van der Waals surface area contributed by atoms with Crippen LogP contribution in [0, 0.1) is 17.5 Å². The van der Waals surface area contributed by atoms with E-state index in [2.05, 4.69) is 5.32 Å². The predicted molar refractivity (Wildman–Crippen MR) is 73.6 cm³/mol. The number of nitrogen functional groups attached to an aromatic ring is 1. The Morgan fingerprint density at radius 3 is 2.10 bits per heavy atom. The molecular weight excluding hydrogens is 305 g/mol. The van der Waals surface area contributed by atoms with Crippen molar-refractivity contribution in [3.63, 3.8) is 0 Å². The van der Waals surface area contributed by atoms with E-state index in [0.717, 1.165) is 12.3 Å². The fourth-order valence-corrected chi connectivity index (χ4v) is 2.34. The van der Waals surface area contributed by atoms with Crippen LogP contribution >= 0.6 is 0 Å². The number of hydrogen-bond donors (Lipinski definition) is 2. The quantitative estimate of drug-likeness (QED) is 0.854. The highest BCUT2D eigenvalue weighted by atomic mass is 32.2. The third-order valence-corrected chi connectivity index (χ3v) is 3.83. The lowest BCUT2D eigenvalue weighted by molar-refractivity contribution is 0.549. The zero-order chi connectivity index (χ0) is 15.8. The first-order chi connectivity index (χ1) is 9.68. The molecule has 0 amide bonds. The smallest absolute Gasteiger partial charge is 0.175 e. The normalized spacial score (nSPS) is 11.4. The number of halogens is 3. The van der Waals surface area contributed by atoms with Gasteiger partial charge in [0.05, 0.1) is 16.3 Å². The van der Waals surface area contributed by atoms with Gasteiger partial charge in [-0.3, -0.25) is 0 Å². The second-order valence-electron chi connectivity index (χ2n) is 4.39. The maximum absolute atomic E-state index is 13.5. The molecule has 2 rings (SSSR count). The lowest BCUT2D eigenvalue weighted by Crippen LogP contribution is -2.04. The third-order valence-electron chi connectivity index (χ3n) is 2.72. The lowest BCUT2D eigenvalue weighted by Gasteiger charge is -2.12. The average Bonchev–Trinajstić information content (AvgIpc) is 2.33. The van der Waals surface area contributed by atoms with Gasteiger partial charge in [-0.15, -0.1) is 0 Å². The van der Waals surface area contributed by atoms with Gasteiger partial charge in [0, 0.05) is 18.4 Å². The molecule has 8 heteroatoms. The molecule has 0 spiro atoms. The van der Waals surface area contributed by atoms with E-state index in [-0.39, 0.29) is 16.3 Å².